The molecule has 0 atom stereocenters. The largest absolute Gasteiger partial charge is 0.493 e. The molecule has 0 amide bonds. The second-order valence-electron chi connectivity index (χ2n) is 5.36. The van der Waals surface area contributed by atoms with E-state index >= 15 is 0 Å². The van der Waals surface area contributed by atoms with E-state index in [4.69, 9.17) is 21.1 Å². The highest BCUT2D eigenvalue weighted by Crippen LogP contribution is 2.36. The molecule has 116 valence electrons. The van der Waals surface area contributed by atoms with Gasteiger partial charge >= 0.3 is 5.97 Å². The maximum absolute atomic E-state index is 11.3. The lowest BCUT2D eigenvalue weighted by atomic mass is 9.85. The third kappa shape index (κ3) is 3.80. The summed E-state index contributed by atoms with van der Waals surface area (Å²) in [6, 6.07) is 2.81. The number of hydrogen-bond donors (Lipinski definition) is 2. The molecule has 1 aromatic carbocycles. The fourth-order valence-electron chi connectivity index (χ4n) is 2.59. The van der Waals surface area contributed by atoms with Crippen molar-refractivity contribution in [3.05, 3.63) is 22.7 Å². The molecule has 1 fully saturated rings. The van der Waals surface area contributed by atoms with Gasteiger partial charge in [0.1, 0.15) is 12.2 Å². The third-order valence-electron chi connectivity index (χ3n) is 3.74. The van der Waals surface area contributed by atoms with Crippen LogP contribution < -0.4 is 9.47 Å². The van der Waals surface area contributed by atoms with Crippen molar-refractivity contribution in [3.8, 4) is 11.5 Å². The number of methoxy groups -OCH3 is 1. The molecule has 0 heterocycles. The van der Waals surface area contributed by atoms with Gasteiger partial charge < -0.3 is 19.7 Å². The van der Waals surface area contributed by atoms with Crippen molar-refractivity contribution in [1.29, 1.82) is 0 Å². The number of aromatic carboxylic acids is 1. The number of halogens is 1. The van der Waals surface area contributed by atoms with Gasteiger partial charge in [-0.05, 0) is 18.9 Å². The van der Waals surface area contributed by atoms with E-state index in [1.807, 2.05) is 0 Å². The van der Waals surface area contributed by atoms with Crippen LogP contribution in [-0.2, 0) is 0 Å². The van der Waals surface area contributed by atoms with Crippen LogP contribution in [0, 0.1) is 0 Å². The van der Waals surface area contributed by atoms with E-state index in [1.165, 1.54) is 19.2 Å². The number of hydrogen-bond acceptors (Lipinski definition) is 4. The van der Waals surface area contributed by atoms with Crippen LogP contribution in [0.1, 0.15) is 42.5 Å². The van der Waals surface area contributed by atoms with Crippen molar-refractivity contribution in [2.75, 3.05) is 13.7 Å². The van der Waals surface area contributed by atoms with Crippen molar-refractivity contribution in [2.45, 2.75) is 37.7 Å². The third-order valence-corrected chi connectivity index (χ3v) is 3.96. The number of rotatable bonds is 5. The standard InChI is InChI=1S/C15H19ClO5/c1-20-12-8-10(16)7-11(14(17)18)13(12)21-9-15(19)5-3-2-4-6-15/h7-8,19H,2-6,9H2,1H3,(H,17,18). The Labute approximate surface area is 128 Å². The highest BCUT2D eigenvalue weighted by molar-refractivity contribution is 6.31. The first-order chi connectivity index (χ1) is 9.95. The molecule has 0 saturated heterocycles. The van der Waals surface area contributed by atoms with Crippen LogP contribution in [0.3, 0.4) is 0 Å². The van der Waals surface area contributed by atoms with Crippen LogP contribution in [0.5, 0.6) is 11.5 Å². The average Bonchev–Trinajstić information content (AvgIpc) is 2.45. The van der Waals surface area contributed by atoms with Gasteiger partial charge in [-0.1, -0.05) is 30.9 Å². The van der Waals surface area contributed by atoms with Gasteiger partial charge in [-0.25, -0.2) is 4.79 Å². The molecule has 6 heteroatoms. The minimum absolute atomic E-state index is 0.0469. The Morgan fingerprint density at radius 1 is 1.33 bits per heavy atom. The topological polar surface area (TPSA) is 76.0 Å². The van der Waals surface area contributed by atoms with E-state index in [0.717, 1.165) is 19.3 Å². The van der Waals surface area contributed by atoms with E-state index < -0.39 is 11.6 Å². The second-order valence-corrected chi connectivity index (χ2v) is 5.80. The Balaban J connectivity index is 2.23. The summed E-state index contributed by atoms with van der Waals surface area (Å²) in [5, 5.41) is 20.0. The summed E-state index contributed by atoms with van der Waals surface area (Å²) >= 11 is 5.87. The lowest BCUT2D eigenvalue weighted by Gasteiger charge is -2.32. The molecule has 0 unspecified atom stereocenters. The molecular formula is C15H19ClO5. The molecule has 0 radical (unpaired) electrons. The van der Waals surface area contributed by atoms with E-state index in [-0.39, 0.29) is 28.7 Å². The molecule has 1 saturated carbocycles. The molecule has 0 spiro atoms. The van der Waals surface area contributed by atoms with Crippen molar-refractivity contribution in [3.63, 3.8) is 0 Å². The molecule has 0 aromatic heterocycles. The first-order valence-electron chi connectivity index (χ1n) is 6.91. The van der Waals surface area contributed by atoms with Crippen LogP contribution >= 0.6 is 11.6 Å². The molecule has 1 aromatic rings. The molecule has 2 rings (SSSR count). The van der Waals surface area contributed by atoms with E-state index in [2.05, 4.69) is 0 Å². The Morgan fingerprint density at radius 3 is 2.57 bits per heavy atom. The zero-order valence-electron chi connectivity index (χ0n) is 11.9. The zero-order valence-corrected chi connectivity index (χ0v) is 12.7. The van der Waals surface area contributed by atoms with Gasteiger partial charge in [-0.3, -0.25) is 0 Å². The molecule has 1 aliphatic carbocycles. The summed E-state index contributed by atoms with van der Waals surface area (Å²) < 4.78 is 10.7. The summed E-state index contributed by atoms with van der Waals surface area (Å²) in [6.07, 6.45) is 4.32. The van der Waals surface area contributed by atoms with Crippen molar-refractivity contribution in [1.82, 2.24) is 0 Å². The van der Waals surface area contributed by atoms with Gasteiger partial charge in [0.05, 0.1) is 12.7 Å². The molecular weight excluding hydrogens is 296 g/mol. The average molecular weight is 315 g/mol. The van der Waals surface area contributed by atoms with Crippen LogP contribution in [0.2, 0.25) is 5.02 Å². The Bertz CT molecular complexity index is 523. The smallest absolute Gasteiger partial charge is 0.339 e. The van der Waals surface area contributed by atoms with Crippen molar-refractivity contribution in [2.24, 2.45) is 0 Å². The minimum atomic E-state index is -1.15. The van der Waals surface area contributed by atoms with Crippen LogP contribution in [-0.4, -0.2) is 35.5 Å². The maximum atomic E-state index is 11.3. The number of aliphatic hydroxyl groups is 1. The minimum Gasteiger partial charge on any atom is -0.493 e. The van der Waals surface area contributed by atoms with Crippen molar-refractivity contribution < 1.29 is 24.5 Å². The van der Waals surface area contributed by atoms with E-state index in [9.17, 15) is 15.0 Å². The fourth-order valence-corrected chi connectivity index (χ4v) is 2.80. The Morgan fingerprint density at radius 2 is 2.00 bits per heavy atom. The summed E-state index contributed by atoms with van der Waals surface area (Å²) in [4.78, 5) is 11.3. The van der Waals surface area contributed by atoms with Crippen LogP contribution in [0.15, 0.2) is 12.1 Å². The lowest BCUT2D eigenvalue weighted by Crippen LogP contribution is -2.38. The van der Waals surface area contributed by atoms with E-state index in [0.29, 0.717) is 12.8 Å². The summed E-state index contributed by atoms with van der Waals surface area (Å²) in [5.41, 5.74) is -0.975. The predicted molar refractivity (Wildman–Crippen MR) is 78.5 cm³/mol. The molecule has 2 N–H and O–H groups in total. The molecule has 5 nitrogen and oxygen atoms in total. The van der Waals surface area contributed by atoms with E-state index in [1.54, 1.807) is 0 Å². The van der Waals surface area contributed by atoms with Gasteiger partial charge in [0.2, 0.25) is 0 Å². The Hall–Kier alpha value is -1.46. The fraction of sp³-hybridized carbons (Fsp3) is 0.533. The van der Waals surface area contributed by atoms with Gasteiger partial charge in [0, 0.05) is 11.1 Å². The normalized spacial score (nSPS) is 17.3. The highest BCUT2D eigenvalue weighted by atomic mass is 35.5. The number of ether oxygens (including phenoxy) is 2. The van der Waals surface area contributed by atoms with Crippen LogP contribution in [0.25, 0.3) is 0 Å². The van der Waals surface area contributed by atoms with Crippen LogP contribution in [0.4, 0.5) is 0 Å². The van der Waals surface area contributed by atoms with Gasteiger partial charge in [0.15, 0.2) is 11.5 Å². The summed E-state index contributed by atoms with van der Waals surface area (Å²) in [6.45, 7) is 0.0469. The second kappa shape index (κ2) is 6.54. The number of carbonyl (C=O) groups is 1. The monoisotopic (exact) mass is 314 g/mol. The van der Waals surface area contributed by atoms with Gasteiger partial charge in [0.25, 0.3) is 0 Å². The zero-order chi connectivity index (χ0) is 15.5. The molecule has 0 bridgehead atoms. The summed E-state index contributed by atoms with van der Waals surface area (Å²) in [5.74, 6) is -0.797. The van der Waals surface area contributed by atoms with Gasteiger partial charge in [-0.15, -0.1) is 0 Å². The SMILES string of the molecule is COc1cc(Cl)cc(C(=O)O)c1OCC1(O)CCCCC1. The highest BCUT2D eigenvalue weighted by Gasteiger charge is 2.31. The number of benzene rings is 1. The number of carboxylic acids is 1. The van der Waals surface area contributed by atoms with Crippen molar-refractivity contribution >= 4 is 17.6 Å². The number of carboxylic acid groups (broad SMARTS) is 1. The molecule has 0 aliphatic heterocycles. The Kier molecular flexibility index (Phi) is 4.96. The lowest BCUT2D eigenvalue weighted by molar-refractivity contribution is -0.0346. The first-order valence-corrected chi connectivity index (χ1v) is 7.29. The molecule has 1 aliphatic rings. The van der Waals surface area contributed by atoms with Gasteiger partial charge in [-0.2, -0.15) is 0 Å². The maximum Gasteiger partial charge on any atom is 0.339 e. The quantitative estimate of drug-likeness (QED) is 0.873. The first kappa shape index (κ1) is 15.9. The molecule has 21 heavy (non-hydrogen) atoms. The predicted octanol–water partition coefficient (Wildman–Crippen LogP) is 3.12. The summed E-state index contributed by atoms with van der Waals surface area (Å²) in [7, 11) is 1.42.